The lowest BCUT2D eigenvalue weighted by Gasteiger charge is -2.10. The third-order valence-electron chi connectivity index (χ3n) is 2.59. The van der Waals surface area contributed by atoms with Gasteiger partial charge < -0.3 is 5.32 Å². The minimum Gasteiger partial charge on any atom is -0.382 e. The molecule has 0 amide bonds. The number of hydrogen-bond acceptors (Lipinski definition) is 4. The summed E-state index contributed by atoms with van der Waals surface area (Å²) in [5, 5.41) is 13.2. The van der Waals surface area contributed by atoms with E-state index in [1.807, 2.05) is 24.3 Å². The standard InChI is InChI=1S/C13H13N3OS/c1-18(17)7-6-15-13-10(8-14)9-16-12-5-3-2-4-11(12)13/h2-5,9H,6-7H2,1H3,(H,15,16). The van der Waals surface area contributed by atoms with Crippen LogP contribution in [-0.2, 0) is 10.8 Å². The largest absolute Gasteiger partial charge is 0.382 e. The highest BCUT2D eigenvalue weighted by molar-refractivity contribution is 7.84. The summed E-state index contributed by atoms with van der Waals surface area (Å²) in [5.41, 5.74) is 2.13. The van der Waals surface area contributed by atoms with Gasteiger partial charge in [-0.15, -0.1) is 0 Å². The Labute approximate surface area is 108 Å². The molecule has 0 bridgehead atoms. The van der Waals surface area contributed by atoms with E-state index >= 15 is 0 Å². The van der Waals surface area contributed by atoms with Crippen LogP contribution in [0.1, 0.15) is 5.56 Å². The van der Waals surface area contributed by atoms with Crippen LogP contribution < -0.4 is 5.32 Å². The number of anilines is 1. The van der Waals surface area contributed by atoms with E-state index in [9.17, 15) is 4.21 Å². The molecule has 0 saturated carbocycles. The maximum Gasteiger partial charge on any atom is 0.103 e. The van der Waals surface area contributed by atoms with Crippen molar-refractivity contribution in [3.05, 3.63) is 36.0 Å². The van der Waals surface area contributed by atoms with E-state index in [-0.39, 0.29) is 0 Å². The molecule has 1 aromatic heterocycles. The molecule has 0 saturated heterocycles. The average Bonchev–Trinajstić information content (AvgIpc) is 2.38. The number of pyridine rings is 1. The van der Waals surface area contributed by atoms with E-state index in [4.69, 9.17) is 5.26 Å². The van der Waals surface area contributed by atoms with Crippen molar-refractivity contribution in [2.75, 3.05) is 23.9 Å². The smallest absolute Gasteiger partial charge is 0.103 e. The molecule has 2 rings (SSSR count). The molecule has 0 fully saturated rings. The van der Waals surface area contributed by atoms with Crippen LogP contribution >= 0.6 is 0 Å². The first kappa shape index (κ1) is 12.5. The lowest BCUT2D eigenvalue weighted by Crippen LogP contribution is -2.11. The van der Waals surface area contributed by atoms with Gasteiger partial charge in [0, 0.05) is 40.9 Å². The molecular formula is C13H13N3OS. The second kappa shape index (κ2) is 5.61. The molecule has 1 N–H and O–H groups in total. The van der Waals surface area contributed by atoms with Crippen LogP contribution in [0.2, 0.25) is 0 Å². The maximum atomic E-state index is 11.0. The number of nitriles is 1. The maximum absolute atomic E-state index is 11.0. The lowest BCUT2D eigenvalue weighted by atomic mass is 10.1. The van der Waals surface area contributed by atoms with Gasteiger partial charge in [0.25, 0.3) is 0 Å². The first-order valence-electron chi connectivity index (χ1n) is 5.54. The minimum atomic E-state index is -0.843. The van der Waals surface area contributed by atoms with Gasteiger partial charge in [-0.05, 0) is 6.07 Å². The first-order valence-corrected chi connectivity index (χ1v) is 7.27. The third kappa shape index (κ3) is 2.66. The van der Waals surface area contributed by atoms with E-state index in [1.54, 1.807) is 12.5 Å². The molecule has 5 heteroatoms. The first-order chi connectivity index (χ1) is 8.72. The predicted molar refractivity (Wildman–Crippen MR) is 73.9 cm³/mol. The predicted octanol–water partition coefficient (Wildman–Crippen LogP) is 1.90. The fourth-order valence-electron chi connectivity index (χ4n) is 1.74. The molecular weight excluding hydrogens is 246 g/mol. The van der Waals surface area contributed by atoms with E-state index in [0.29, 0.717) is 17.9 Å². The van der Waals surface area contributed by atoms with Gasteiger partial charge in [-0.2, -0.15) is 5.26 Å². The Morgan fingerprint density at radius 3 is 2.94 bits per heavy atom. The van der Waals surface area contributed by atoms with Crippen LogP contribution in [0.4, 0.5) is 5.69 Å². The molecule has 1 aromatic carbocycles. The van der Waals surface area contributed by atoms with E-state index < -0.39 is 10.8 Å². The van der Waals surface area contributed by atoms with Gasteiger partial charge in [-0.1, -0.05) is 18.2 Å². The summed E-state index contributed by atoms with van der Waals surface area (Å²) in [6.07, 6.45) is 3.23. The SMILES string of the molecule is CS(=O)CCNc1c(C#N)cnc2ccccc12. The number of benzene rings is 1. The normalized spacial score (nSPS) is 12.0. The van der Waals surface area contributed by atoms with Crippen molar-refractivity contribution < 1.29 is 4.21 Å². The van der Waals surface area contributed by atoms with Crippen molar-refractivity contribution in [1.82, 2.24) is 4.98 Å². The van der Waals surface area contributed by atoms with E-state index in [1.165, 1.54) is 0 Å². The van der Waals surface area contributed by atoms with Crippen molar-refractivity contribution >= 4 is 27.4 Å². The zero-order chi connectivity index (χ0) is 13.0. The van der Waals surface area contributed by atoms with Crippen molar-refractivity contribution in [3.63, 3.8) is 0 Å². The molecule has 4 nitrogen and oxygen atoms in total. The Hall–Kier alpha value is -1.93. The highest BCUT2D eigenvalue weighted by atomic mass is 32.2. The number of aromatic nitrogens is 1. The molecule has 0 spiro atoms. The highest BCUT2D eigenvalue weighted by Crippen LogP contribution is 2.24. The van der Waals surface area contributed by atoms with Crippen molar-refractivity contribution in [2.24, 2.45) is 0 Å². The summed E-state index contributed by atoms with van der Waals surface area (Å²) in [5.74, 6) is 0.557. The van der Waals surface area contributed by atoms with E-state index in [0.717, 1.165) is 16.6 Å². The van der Waals surface area contributed by atoms with Gasteiger partial charge in [0.05, 0.1) is 16.8 Å². The molecule has 92 valence electrons. The summed E-state index contributed by atoms with van der Waals surface area (Å²) in [6.45, 7) is 0.575. The number of rotatable bonds is 4. The Balaban J connectivity index is 2.39. The van der Waals surface area contributed by atoms with Crippen LogP contribution in [0.15, 0.2) is 30.5 Å². The topological polar surface area (TPSA) is 65.8 Å². The van der Waals surface area contributed by atoms with Crippen molar-refractivity contribution in [2.45, 2.75) is 0 Å². The van der Waals surface area contributed by atoms with Gasteiger partial charge in [0.1, 0.15) is 6.07 Å². The molecule has 1 atom stereocenters. The Bertz CT molecular complexity index is 634. The van der Waals surface area contributed by atoms with Gasteiger partial charge in [0.15, 0.2) is 0 Å². The summed E-state index contributed by atoms with van der Waals surface area (Å²) < 4.78 is 11.0. The monoisotopic (exact) mass is 259 g/mol. The summed E-state index contributed by atoms with van der Waals surface area (Å²) in [6, 6.07) is 9.77. The summed E-state index contributed by atoms with van der Waals surface area (Å²) >= 11 is 0. The van der Waals surface area contributed by atoms with Crippen molar-refractivity contribution in [1.29, 1.82) is 5.26 Å². The second-order valence-corrected chi connectivity index (χ2v) is 5.43. The van der Waals surface area contributed by atoms with Gasteiger partial charge in [-0.3, -0.25) is 9.19 Å². The number of nitrogens with zero attached hydrogens (tertiary/aromatic N) is 2. The summed E-state index contributed by atoms with van der Waals surface area (Å²) in [7, 11) is -0.843. The number of nitrogens with one attached hydrogen (secondary N) is 1. The zero-order valence-corrected chi connectivity index (χ0v) is 10.8. The fraction of sp³-hybridized carbons (Fsp3) is 0.231. The second-order valence-electron chi connectivity index (χ2n) is 3.88. The Kier molecular flexibility index (Phi) is 3.90. The summed E-state index contributed by atoms with van der Waals surface area (Å²) in [4.78, 5) is 4.23. The number of para-hydroxylation sites is 1. The van der Waals surface area contributed by atoms with Gasteiger partial charge in [-0.25, -0.2) is 0 Å². The van der Waals surface area contributed by atoms with Crippen LogP contribution in [0.5, 0.6) is 0 Å². The molecule has 0 aliphatic rings. The van der Waals surface area contributed by atoms with Crippen LogP contribution in [0, 0.1) is 11.3 Å². The van der Waals surface area contributed by atoms with Crippen molar-refractivity contribution in [3.8, 4) is 6.07 Å². The Morgan fingerprint density at radius 1 is 1.44 bits per heavy atom. The van der Waals surface area contributed by atoms with Crippen LogP contribution in [-0.4, -0.2) is 27.7 Å². The molecule has 0 radical (unpaired) electrons. The fourth-order valence-corrected chi connectivity index (χ4v) is 2.13. The molecule has 2 aromatic rings. The lowest BCUT2D eigenvalue weighted by molar-refractivity contribution is 0.687. The third-order valence-corrected chi connectivity index (χ3v) is 3.37. The quantitative estimate of drug-likeness (QED) is 0.910. The molecule has 0 aliphatic heterocycles. The molecule has 1 heterocycles. The molecule has 0 aliphatic carbocycles. The Morgan fingerprint density at radius 2 is 2.22 bits per heavy atom. The van der Waals surface area contributed by atoms with E-state index in [2.05, 4.69) is 16.4 Å². The highest BCUT2D eigenvalue weighted by Gasteiger charge is 2.07. The molecule has 1 unspecified atom stereocenters. The van der Waals surface area contributed by atoms with Crippen LogP contribution in [0.25, 0.3) is 10.9 Å². The van der Waals surface area contributed by atoms with Gasteiger partial charge >= 0.3 is 0 Å². The minimum absolute atomic E-state index is 0.510. The number of fused-ring (bicyclic) bond motifs is 1. The number of hydrogen-bond donors (Lipinski definition) is 1. The average molecular weight is 259 g/mol. The zero-order valence-electron chi connectivity index (χ0n) is 10.0. The van der Waals surface area contributed by atoms with Gasteiger partial charge in [0.2, 0.25) is 0 Å². The van der Waals surface area contributed by atoms with Crippen LogP contribution in [0.3, 0.4) is 0 Å². The molecule has 18 heavy (non-hydrogen) atoms.